The maximum absolute atomic E-state index is 12.9. The Hall–Kier alpha value is -4.66. The number of rotatable bonds is 2. The van der Waals surface area contributed by atoms with Crippen LogP contribution in [-0.2, 0) is 14.1 Å². The zero-order valence-corrected chi connectivity index (χ0v) is 22.9. The number of allylic oxidation sites excluding steroid dienone is 2. The summed E-state index contributed by atoms with van der Waals surface area (Å²) in [5.74, 6) is -0.930. The summed E-state index contributed by atoms with van der Waals surface area (Å²) in [5, 5.41) is 0. The molecule has 40 heavy (non-hydrogen) atoms. The Balaban J connectivity index is 1.23. The maximum Gasteiger partial charge on any atom is 0.197 e. The molecule has 0 atom stereocenters. The van der Waals surface area contributed by atoms with Gasteiger partial charge in [0, 0.05) is 46.9 Å². The zero-order chi connectivity index (χ0) is 27.4. The second-order valence-corrected chi connectivity index (χ2v) is 12.2. The molecule has 192 valence electrons. The van der Waals surface area contributed by atoms with Crippen molar-refractivity contribution in [1.82, 2.24) is 9.13 Å². The molecule has 0 radical (unpaired) electrons. The molecule has 8 heteroatoms. The number of carbonyl (C=O) groups is 4. The van der Waals surface area contributed by atoms with Crippen molar-refractivity contribution in [3.63, 3.8) is 0 Å². The molecule has 6 aromatic rings. The van der Waals surface area contributed by atoms with Gasteiger partial charge in [0.05, 0.1) is 41.8 Å². The van der Waals surface area contributed by atoms with E-state index in [9.17, 15) is 19.2 Å². The third-order valence-electron chi connectivity index (χ3n) is 7.91. The van der Waals surface area contributed by atoms with Gasteiger partial charge in [-0.1, -0.05) is 48.5 Å². The summed E-state index contributed by atoms with van der Waals surface area (Å²) in [6.45, 7) is 0. The van der Waals surface area contributed by atoms with Gasteiger partial charge in [-0.2, -0.15) is 0 Å². The molecule has 0 N–H and O–H groups in total. The van der Waals surface area contributed by atoms with Crippen LogP contribution in [0.25, 0.3) is 42.8 Å². The van der Waals surface area contributed by atoms with E-state index in [1.165, 1.54) is 0 Å². The summed E-state index contributed by atoms with van der Waals surface area (Å²) < 4.78 is 7.44. The van der Waals surface area contributed by atoms with Gasteiger partial charge < -0.3 is 9.13 Å². The molecule has 2 aliphatic rings. The van der Waals surface area contributed by atoms with Gasteiger partial charge in [0.15, 0.2) is 23.1 Å². The van der Waals surface area contributed by atoms with Crippen LogP contribution in [0.15, 0.2) is 71.8 Å². The van der Waals surface area contributed by atoms with Crippen LogP contribution in [0.2, 0.25) is 0 Å². The first-order valence-corrected chi connectivity index (χ1v) is 14.3. The van der Waals surface area contributed by atoms with Gasteiger partial charge in [0.25, 0.3) is 0 Å². The van der Waals surface area contributed by atoms with Crippen molar-refractivity contribution in [2.24, 2.45) is 14.1 Å². The molecule has 0 saturated heterocycles. The van der Waals surface area contributed by atoms with Gasteiger partial charge in [-0.15, -0.1) is 22.7 Å². The van der Waals surface area contributed by atoms with Crippen LogP contribution in [0, 0.1) is 0 Å². The highest BCUT2D eigenvalue weighted by Gasteiger charge is 2.34. The minimum absolute atomic E-state index is 0.189. The van der Waals surface area contributed by atoms with Crippen LogP contribution in [0.5, 0.6) is 0 Å². The topological polar surface area (TPSA) is 78.1 Å². The lowest BCUT2D eigenvalue weighted by atomic mass is 10.1. The molecule has 0 saturated carbocycles. The van der Waals surface area contributed by atoms with Crippen LogP contribution in [0.1, 0.15) is 52.0 Å². The molecule has 0 spiro atoms. The lowest BCUT2D eigenvalue weighted by molar-refractivity contribution is 0.0975. The van der Waals surface area contributed by atoms with Gasteiger partial charge in [-0.25, -0.2) is 0 Å². The summed E-state index contributed by atoms with van der Waals surface area (Å²) in [7, 11) is 3.96. The van der Waals surface area contributed by atoms with E-state index in [2.05, 4.69) is 4.57 Å². The summed E-state index contributed by atoms with van der Waals surface area (Å²) >= 11 is 3.22. The number of ketones is 4. The van der Waals surface area contributed by atoms with Crippen LogP contribution >= 0.6 is 22.7 Å². The Kier molecular flexibility index (Phi) is 4.61. The van der Waals surface area contributed by atoms with Crippen molar-refractivity contribution in [2.75, 3.05) is 0 Å². The number of aryl methyl sites for hydroxylation is 2. The van der Waals surface area contributed by atoms with Crippen molar-refractivity contribution < 1.29 is 19.2 Å². The number of aromatic nitrogens is 2. The van der Waals surface area contributed by atoms with Crippen molar-refractivity contribution in [3.8, 4) is 0 Å². The van der Waals surface area contributed by atoms with Crippen molar-refractivity contribution in [2.45, 2.75) is 0 Å². The minimum atomic E-state index is -0.237. The van der Waals surface area contributed by atoms with E-state index < -0.39 is 0 Å². The lowest BCUT2D eigenvalue weighted by Gasteiger charge is -2.02. The largest absolute Gasteiger partial charge is 0.342 e. The zero-order valence-electron chi connectivity index (χ0n) is 21.3. The fourth-order valence-electron chi connectivity index (χ4n) is 5.92. The van der Waals surface area contributed by atoms with E-state index in [0.717, 1.165) is 41.2 Å². The number of thiophene rings is 2. The first-order chi connectivity index (χ1) is 19.3. The standard InChI is InChI=1S/C32H18N2O4S2/c1-33-15(11-21-27(35)17-7-3-4-8-18(17)28(21)36)12-24-25(33)26-32(40-24)31-23(34(26)2)14-16(39-31)13-22-29(37)19-9-5-6-10-20(19)30(22)38/h3-14H,1-2H3. The number of Topliss-reactive ketones (excluding diaryl/α,β-unsaturated/α-hetero) is 4. The summed E-state index contributed by atoms with van der Waals surface area (Å²) in [4.78, 5) is 52.5. The molecule has 2 aromatic carbocycles. The van der Waals surface area contributed by atoms with Crippen LogP contribution in [0.3, 0.4) is 0 Å². The van der Waals surface area contributed by atoms with Gasteiger partial charge >= 0.3 is 0 Å². The first kappa shape index (κ1) is 23.2. The third kappa shape index (κ3) is 2.92. The molecule has 2 aliphatic carbocycles. The minimum Gasteiger partial charge on any atom is -0.342 e. The van der Waals surface area contributed by atoms with E-state index in [0.29, 0.717) is 22.3 Å². The fourth-order valence-corrected chi connectivity index (χ4v) is 8.50. The van der Waals surface area contributed by atoms with Gasteiger partial charge in [-0.3, -0.25) is 19.2 Å². The molecule has 8 rings (SSSR count). The summed E-state index contributed by atoms with van der Waals surface area (Å²) in [6.07, 6.45) is 3.42. The van der Waals surface area contributed by atoms with E-state index >= 15 is 0 Å². The van der Waals surface area contributed by atoms with Crippen molar-refractivity contribution in [3.05, 3.63) is 105 Å². The van der Waals surface area contributed by atoms with Crippen molar-refractivity contribution in [1.29, 1.82) is 0 Å². The van der Waals surface area contributed by atoms with E-state index in [4.69, 9.17) is 0 Å². The van der Waals surface area contributed by atoms with E-state index in [-0.39, 0.29) is 34.3 Å². The Morgan fingerprint density at radius 3 is 1.68 bits per heavy atom. The number of hydrogen-bond donors (Lipinski definition) is 0. The lowest BCUT2D eigenvalue weighted by Crippen LogP contribution is -2.02. The predicted octanol–water partition coefficient (Wildman–Crippen LogP) is 6.87. The Morgan fingerprint density at radius 2 is 1.12 bits per heavy atom. The SMILES string of the molecule is Cn1c(C=C2C(=O)c3ccccc3C2=O)cc2sc3c4sc(C=C5C(=O)c6ccccc6C5=O)cc4n(C)c3c21. The monoisotopic (exact) mass is 558 g/mol. The fraction of sp³-hybridized carbons (Fsp3) is 0.0625. The molecule has 0 bridgehead atoms. The normalized spacial score (nSPS) is 14.8. The summed E-state index contributed by atoms with van der Waals surface area (Å²) in [5.41, 5.74) is 6.14. The second kappa shape index (κ2) is 7.94. The molecule has 4 heterocycles. The maximum atomic E-state index is 12.9. The quantitative estimate of drug-likeness (QED) is 0.172. The average Bonchev–Trinajstić information content (AvgIpc) is 3.76. The van der Waals surface area contributed by atoms with Gasteiger partial charge in [0.1, 0.15) is 0 Å². The average molecular weight is 559 g/mol. The molecule has 0 amide bonds. The number of nitrogens with zero attached hydrogens (tertiary/aromatic N) is 2. The molecule has 0 fully saturated rings. The Bertz CT molecular complexity index is 2190. The number of fused-ring (bicyclic) bond motifs is 7. The smallest absolute Gasteiger partial charge is 0.197 e. The Labute approximate surface area is 235 Å². The predicted molar refractivity (Wildman–Crippen MR) is 159 cm³/mol. The second-order valence-electron chi connectivity index (χ2n) is 10.1. The molecular formula is C32H18N2O4S2. The van der Waals surface area contributed by atoms with Gasteiger partial charge in [-0.05, 0) is 24.3 Å². The molecule has 4 aromatic heterocycles. The molecule has 6 nitrogen and oxygen atoms in total. The molecule has 0 unspecified atom stereocenters. The highest BCUT2D eigenvalue weighted by atomic mass is 32.1. The third-order valence-corrected chi connectivity index (χ3v) is 10.3. The van der Waals surface area contributed by atoms with Crippen molar-refractivity contribution >= 4 is 88.6 Å². The first-order valence-electron chi connectivity index (χ1n) is 12.6. The van der Waals surface area contributed by atoms with Gasteiger partial charge in [0.2, 0.25) is 0 Å². The van der Waals surface area contributed by atoms with E-state index in [1.807, 2.05) is 30.8 Å². The molecule has 0 aliphatic heterocycles. The number of hydrogen-bond acceptors (Lipinski definition) is 6. The number of carbonyl (C=O) groups excluding carboxylic acids is 4. The molecular weight excluding hydrogens is 540 g/mol. The number of benzene rings is 2. The van der Waals surface area contributed by atoms with Crippen LogP contribution in [-0.4, -0.2) is 32.3 Å². The Morgan fingerprint density at radius 1 is 0.600 bits per heavy atom. The van der Waals surface area contributed by atoms with Crippen LogP contribution < -0.4 is 0 Å². The highest BCUT2D eigenvalue weighted by Crippen LogP contribution is 2.45. The highest BCUT2D eigenvalue weighted by molar-refractivity contribution is 7.31. The van der Waals surface area contributed by atoms with Crippen LogP contribution in [0.4, 0.5) is 0 Å². The summed E-state index contributed by atoms with van der Waals surface area (Å²) in [6, 6.07) is 17.9. The van der Waals surface area contributed by atoms with E-state index in [1.54, 1.807) is 83.4 Å².